The molecular weight excluding hydrogens is 248 g/mol. The van der Waals surface area contributed by atoms with E-state index in [1.807, 2.05) is 0 Å². The number of ether oxygens (including phenoxy) is 2. The largest absolute Gasteiger partial charge is 0.484 e. The zero-order valence-electron chi connectivity index (χ0n) is 10.6. The highest BCUT2D eigenvalue weighted by Crippen LogP contribution is 2.15. The average Bonchev–Trinajstić information content (AvgIpc) is 2.45. The number of nitrogen functional groups attached to an aromatic ring is 1. The maximum Gasteiger partial charge on any atom is 0.260 e. The zero-order chi connectivity index (χ0) is 13.7. The minimum atomic E-state index is -0.286. The lowest BCUT2D eigenvalue weighted by molar-refractivity contribution is -0.143. The van der Waals surface area contributed by atoms with E-state index in [1.165, 1.54) is 0 Å². The molecule has 0 radical (unpaired) electrons. The molecule has 0 saturated carbocycles. The third-order valence-electron chi connectivity index (χ3n) is 2.98. The molecule has 1 aromatic carbocycles. The lowest BCUT2D eigenvalue weighted by Gasteiger charge is -2.34. The Labute approximate surface area is 111 Å². The fourth-order valence-corrected chi connectivity index (χ4v) is 1.97. The van der Waals surface area contributed by atoms with Crippen molar-refractivity contribution >= 4 is 11.6 Å². The number of morpholine rings is 1. The van der Waals surface area contributed by atoms with Crippen molar-refractivity contribution in [2.24, 2.45) is 0 Å². The van der Waals surface area contributed by atoms with E-state index in [0.29, 0.717) is 31.2 Å². The number of carbonyl (C=O) groups is 1. The van der Waals surface area contributed by atoms with Crippen molar-refractivity contribution in [2.45, 2.75) is 6.04 Å². The molecule has 1 aliphatic rings. The van der Waals surface area contributed by atoms with Crippen LogP contribution in [0.4, 0.5) is 5.69 Å². The number of rotatable bonds is 4. The molecule has 19 heavy (non-hydrogen) atoms. The first kappa shape index (κ1) is 13.6. The predicted molar refractivity (Wildman–Crippen MR) is 69.8 cm³/mol. The molecule has 6 heteroatoms. The van der Waals surface area contributed by atoms with Crippen LogP contribution in [-0.4, -0.2) is 54.9 Å². The summed E-state index contributed by atoms with van der Waals surface area (Å²) in [6.07, 6.45) is 0. The minimum Gasteiger partial charge on any atom is -0.484 e. The second-order valence-corrected chi connectivity index (χ2v) is 4.36. The average molecular weight is 266 g/mol. The number of carbonyl (C=O) groups excluding carboxylic acids is 1. The van der Waals surface area contributed by atoms with Crippen molar-refractivity contribution in [1.82, 2.24) is 4.90 Å². The molecule has 1 unspecified atom stereocenters. The number of nitrogens with zero attached hydrogens (tertiary/aromatic N) is 1. The van der Waals surface area contributed by atoms with E-state index >= 15 is 0 Å². The summed E-state index contributed by atoms with van der Waals surface area (Å²) in [5.41, 5.74) is 6.21. The van der Waals surface area contributed by atoms with Crippen LogP contribution in [0.3, 0.4) is 0 Å². The molecule has 1 aliphatic heterocycles. The molecule has 0 aromatic heterocycles. The maximum atomic E-state index is 12.0. The second-order valence-electron chi connectivity index (χ2n) is 4.36. The van der Waals surface area contributed by atoms with E-state index in [0.717, 1.165) is 0 Å². The van der Waals surface area contributed by atoms with Gasteiger partial charge in [-0.2, -0.15) is 0 Å². The van der Waals surface area contributed by atoms with Crippen LogP contribution in [-0.2, 0) is 9.53 Å². The Morgan fingerprint density at radius 3 is 3.16 bits per heavy atom. The van der Waals surface area contributed by atoms with Crippen molar-refractivity contribution in [3.63, 3.8) is 0 Å². The maximum absolute atomic E-state index is 12.0. The topological polar surface area (TPSA) is 85.0 Å². The molecule has 0 aliphatic carbocycles. The van der Waals surface area contributed by atoms with Gasteiger partial charge in [-0.3, -0.25) is 4.79 Å². The van der Waals surface area contributed by atoms with Crippen molar-refractivity contribution in [3.8, 4) is 5.75 Å². The molecule has 0 spiro atoms. The number of benzene rings is 1. The Morgan fingerprint density at radius 1 is 1.58 bits per heavy atom. The summed E-state index contributed by atoms with van der Waals surface area (Å²) >= 11 is 0. The summed E-state index contributed by atoms with van der Waals surface area (Å²) in [6, 6.07) is 6.63. The monoisotopic (exact) mass is 266 g/mol. The number of nitrogens with two attached hydrogens (primary N) is 1. The van der Waals surface area contributed by atoms with Crippen LogP contribution in [0.2, 0.25) is 0 Å². The van der Waals surface area contributed by atoms with Gasteiger partial charge < -0.3 is 25.2 Å². The highest BCUT2D eigenvalue weighted by Gasteiger charge is 2.26. The molecule has 6 nitrogen and oxygen atoms in total. The normalized spacial score (nSPS) is 19.2. The molecule has 1 aromatic rings. The van der Waals surface area contributed by atoms with Crippen molar-refractivity contribution in [2.75, 3.05) is 38.7 Å². The third-order valence-corrected chi connectivity index (χ3v) is 2.98. The van der Waals surface area contributed by atoms with Crippen LogP contribution < -0.4 is 10.5 Å². The Hall–Kier alpha value is -1.79. The smallest absolute Gasteiger partial charge is 0.260 e. The van der Waals surface area contributed by atoms with Gasteiger partial charge in [0, 0.05) is 18.3 Å². The molecule has 1 fully saturated rings. The van der Waals surface area contributed by atoms with E-state index in [9.17, 15) is 9.90 Å². The SMILES string of the molecule is Nc1cccc(OCC(=O)N2CCOCC2CO)c1. The molecule has 0 bridgehead atoms. The summed E-state index contributed by atoms with van der Waals surface area (Å²) in [7, 11) is 0. The Bertz CT molecular complexity index is 438. The summed E-state index contributed by atoms with van der Waals surface area (Å²) in [6.45, 7) is 1.15. The van der Waals surface area contributed by atoms with E-state index in [1.54, 1.807) is 29.2 Å². The summed E-state index contributed by atoms with van der Waals surface area (Å²) < 4.78 is 10.6. The Balaban J connectivity index is 1.89. The molecule has 104 valence electrons. The van der Waals surface area contributed by atoms with E-state index < -0.39 is 0 Å². The van der Waals surface area contributed by atoms with Gasteiger partial charge in [0.1, 0.15) is 5.75 Å². The number of hydrogen-bond acceptors (Lipinski definition) is 5. The minimum absolute atomic E-state index is 0.0695. The van der Waals surface area contributed by atoms with Crippen molar-refractivity contribution < 1.29 is 19.4 Å². The quantitative estimate of drug-likeness (QED) is 0.741. The first-order chi connectivity index (χ1) is 9.20. The second kappa shape index (κ2) is 6.40. The standard InChI is InChI=1S/C13H18N2O4/c14-10-2-1-3-12(6-10)19-9-13(17)15-4-5-18-8-11(15)7-16/h1-3,6,11,16H,4-5,7-9,14H2. The third kappa shape index (κ3) is 3.59. The van der Waals surface area contributed by atoms with Crippen LogP contribution in [0.1, 0.15) is 0 Å². The molecule has 1 atom stereocenters. The Kier molecular flexibility index (Phi) is 4.59. The fraction of sp³-hybridized carbons (Fsp3) is 0.462. The van der Waals surface area contributed by atoms with E-state index in [2.05, 4.69) is 0 Å². The van der Waals surface area contributed by atoms with Gasteiger partial charge in [0.2, 0.25) is 0 Å². The summed E-state index contributed by atoms with van der Waals surface area (Å²) in [4.78, 5) is 13.6. The van der Waals surface area contributed by atoms with Gasteiger partial charge in [-0.1, -0.05) is 6.07 Å². The number of aliphatic hydroxyl groups excluding tert-OH is 1. The van der Waals surface area contributed by atoms with Gasteiger partial charge in [-0.15, -0.1) is 0 Å². The first-order valence-electron chi connectivity index (χ1n) is 6.17. The van der Waals surface area contributed by atoms with E-state index in [-0.39, 0.29) is 25.2 Å². The van der Waals surface area contributed by atoms with Crippen LogP contribution in [0, 0.1) is 0 Å². The van der Waals surface area contributed by atoms with Gasteiger partial charge in [-0.05, 0) is 12.1 Å². The first-order valence-corrected chi connectivity index (χ1v) is 6.17. The summed E-state index contributed by atoms with van der Waals surface area (Å²) in [5, 5.41) is 9.20. The van der Waals surface area contributed by atoms with Crippen LogP contribution in [0.5, 0.6) is 5.75 Å². The molecule has 1 amide bonds. The highest BCUT2D eigenvalue weighted by atomic mass is 16.5. The van der Waals surface area contributed by atoms with Gasteiger partial charge in [0.25, 0.3) is 5.91 Å². The summed E-state index contributed by atoms with van der Waals surface area (Å²) in [5.74, 6) is 0.395. The number of hydrogen-bond donors (Lipinski definition) is 2. The number of aliphatic hydroxyl groups is 1. The molecular formula is C13H18N2O4. The van der Waals surface area contributed by atoms with Crippen molar-refractivity contribution in [3.05, 3.63) is 24.3 Å². The molecule has 1 heterocycles. The lowest BCUT2D eigenvalue weighted by Crippen LogP contribution is -2.51. The van der Waals surface area contributed by atoms with Gasteiger partial charge in [0.15, 0.2) is 6.61 Å². The lowest BCUT2D eigenvalue weighted by atomic mass is 10.2. The molecule has 1 saturated heterocycles. The van der Waals surface area contributed by atoms with Crippen molar-refractivity contribution in [1.29, 1.82) is 0 Å². The molecule has 3 N–H and O–H groups in total. The van der Waals surface area contributed by atoms with Gasteiger partial charge >= 0.3 is 0 Å². The van der Waals surface area contributed by atoms with Crippen LogP contribution >= 0.6 is 0 Å². The number of anilines is 1. The zero-order valence-corrected chi connectivity index (χ0v) is 10.6. The van der Waals surface area contributed by atoms with Gasteiger partial charge in [-0.25, -0.2) is 0 Å². The number of amides is 1. The predicted octanol–water partition coefficient (Wildman–Crippen LogP) is -0.133. The fourth-order valence-electron chi connectivity index (χ4n) is 1.97. The Morgan fingerprint density at radius 2 is 2.42 bits per heavy atom. The van der Waals surface area contributed by atoms with Crippen LogP contribution in [0.25, 0.3) is 0 Å². The van der Waals surface area contributed by atoms with Gasteiger partial charge in [0.05, 0.1) is 25.9 Å². The van der Waals surface area contributed by atoms with E-state index in [4.69, 9.17) is 15.2 Å². The highest BCUT2D eigenvalue weighted by molar-refractivity contribution is 5.78. The molecule has 2 rings (SSSR count). The van der Waals surface area contributed by atoms with Crippen LogP contribution in [0.15, 0.2) is 24.3 Å².